The maximum atomic E-state index is 11.8. The van der Waals surface area contributed by atoms with Crippen molar-refractivity contribution in [1.29, 1.82) is 0 Å². The summed E-state index contributed by atoms with van der Waals surface area (Å²) in [4.78, 5) is 0. The number of sulfonamides is 1. The third-order valence-electron chi connectivity index (χ3n) is 3.09. The highest BCUT2D eigenvalue weighted by Crippen LogP contribution is 2.18. The maximum absolute atomic E-state index is 11.8. The second-order valence-corrected chi connectivity index (χ2v) is 7.11. The summed E-state index contributed by atoms with van der Waals surface area (Å²) in [6.07, 6.45) is 5.99. The molecule has 1 saturated carbocycles. The minimum atomic E-state index is -3.04. The van der Waals surface area contributed by atoms with Gasteiger partial charge in [0.1, 0.15) is 0 Å². The van der Waals surface area contributed by atoms with E-state index in [9.17, 15) is 8.42 Å². The van der Waals surface area contributed by atoms with Crippen molar-refractivity contribution in [3.05, 3.63) is 0 Å². The summed E-state index contributed by atoms with van der Waals surface area (Å²) < 4.78 is 26.3. The molecular weight excluding hydrogens is 236 g/mol. The molecule has 102 valence electrons. The van der Waals surface area contributed by atoms with Gasteiger partial charge in [0, 0.05) is 12.1 Å². The van der Waals surface area contributed by atoms with Crippen LogP contribution in [0.3, 0.4) is 0 Å². The first-order valence-corrected chi connectivity index (χ1v) is 8.38. The molecule has 1 rings (SSSR count). The lowest BCUT2D eigenvalue weighted by Crippen LogP contribution is -2.34. The van der Waals surface area contributed by atoms with Gasteiger partial charge in [-0.25, -0.2) is 13.1 Å². The van der Waals surface area contributed by atoms with E-state index in [0.29, 0.717) is 6.04 Å². The second kappa shape index (κ2) is 7.34. The zero-order chi connectivity index (χ0) is 12.7. The quantitative estimate of drug-likeness (QED) is 0.654. The lowest BCUT2D eigenvalue weighted by Gasteiger charge is -2.12. The van der Waals surface area contributed by atoms with E-state index in [1.165, 1.54) is 0 Å². The second-order valence-electron chi connectivity index (χ2n) is 5.23. The molecule has 2 N–H and O–H groups in total. The molecule has 0 amide bonds. The summed E-state index contributed by atoms with van der Waals surface area (Å²) in [6, 6.07) is 0.678. The highest BCUT2D eigenvalue weighted by Gasteiger charge is 2.20. The lowest BCUT2D eigenvalue weighted by molar-refractivity contribution is 0.540. The average Bonchev–Trinajstić information content (AvgIpc) is 2.68. The van der Waals surface area contributed by atoms with Gasteiger partial charge < -0.3 is 5.32 Å². The van der Waals surface area contributed by atoms with Crippen LogP contribution in [0.2, 0.25) is 0 Å². The zero-order valence-electron chi connectivity index (χ0n) is 11.0. The molecular formula is C12H26N2O2S. The Labute approximate surface area is 106 Å². The summed E-state index contributed by atoms with van der Waals surface area (Å²) in [6.45, 7) is 5.09. The van der Waals surface area contributed by atoms with Gasteiger partial charge in [0.2, 0.25) is 10.0 Å². The Morgan fingerprint density at radius 1 is 1.18 bits per heavy atom. The predicted molar refractivity (Wildman–Crippen MR) is 71.6 cm³/mol. The molecule has 0 aromatic carbocycles. The van der Waals surface area contributed by atoms with Crippen LogP contribution < -0.4 is 10.0 Å². The predicted octanol–water partition coefficient (Wildman–Crippen LogP) is 1.63. The van der Waals surface area contributed by atoms with Crippen LogP contribution in [0.1, 0.15) is 52.4 Å². The molecule has 0 radical (unpaired) electrons. The van der Waals surface area contributed by atoms with Crippen LogP contribution in [0.4, 0.5) is 0 Å². The van der Waals surface area contributed by atoms with Crippen molar-refractivity contribution in [3.63, 3.8) is 0 Å². The monoisotopic (exact) mass is 262 g/mol. The van der Waals surface area contributed by atoms with Gasteiger partial charge in [-0.2, -0.15) is 0 Å². The Morgan fingerprint density at radius 2 is 1.82 bits per heavy atom. The first kappa shape index (κ1) is 14.9. The Bertz CT molecular complexity index is 296. The van der Waals surface area contributed by atoms with E-state index in [0.717, 1.165) is 45.1 Å². The molecule has 1 aliphatic carbocycles. The normalized spacial score (nSPS) is 18.1. The first-order chi connectivity index (χ1) is 7.99. The SMILES string of the molecule is CC(C)NCCCCS(=O)(=O)NC1CCCC1. The lowest BCUT2D eigenvalue weighted by atomic mass is 10.3. The highest BCUT2D eigenvalue weighted by atomic mass is 32.2. The molecule has 0 unspecified atom stereocenters. The standard InChI is InChI=1S/C12H26N2O2S/c1-11(2)13-9-5-6-10-17(15,16)14-12-7-3-4-8-12/h11-14H,3-10H2,1-2H3. The van der Waals surface area contributed by atoms with Gasteiger partial charge in [-0.05, 0) is 32.2 Å². The largest absolute Gasteiger partial charge is 0.315 e. The summed E-state index contributed by atoms with van der Waals surface area (Å²) in [5.74, 6) is 0.267. The van der Waals surface area contributed by atoms with E-state index >= 15 is 0 Å². The van der Waals surface area contributed by atoms with Crippen LogP contribution in [0.25, 0.3) is 0 Å². The van der Waals surface area contributed by atoms with Crippen molar-refractivity contribution in [3.8, 4) is 0 Å². The summed E-state index contributed by atoms with van der Waals surface area (Å²) >= 11 is 0. The van der Waals surface area contributed by atoms with Crippen molar-refractivity contribution in [2.45, 2.75) is 64.5 Å². The minimum Gasteiger partial charge on any atom is -0.315 e. The van der Waals surface area contributed by atoms with Gasteiger partial charge in [0.15, 0.2) is 0 Å². The van der Waals surface area contributed by atoms with E-state index in [4.69, 9.17) is 0 Å². The first-order valence-electron chi connectivity index (χ1n) is 6.73. The van der Waals surface area contributed by atoms with Crippen LogP contribution in [-0.2, 0) is 10.0 Å². The molecule has 0 atom stereocenters. The molecule has 0 aromatic heterocycles. The van der Waals surface area contributed by atoms with Gasteiger partial charge in [0.25, 0.3) is 0 Å². The number of hydrogen-bond donors (Lipinski definition) is 2. The van der Waals surface area contributed by atoms with E-state index < -0.39 is 10.0 Å². The minimum absolute atomic E-state index is 0.203. The number of unbranched alkanes of at least 4 members (excludes halogenated alkanes) is 1. The van der Waals surface area contributed by atoms with Crippen molar-refractivity contribution in [1.82, 2.24) is 10.0 Å². The van der Waals surface area contributed by atoms with Crippen LogP contribution in [0, 0.1) is 0 Å². The smallest absolute Gasteiger partial charge is 0.211 e. The Balaban J connectivity index is 2.11. The molecule has 0 bridgehead atoms. The Kier molecular flexibility index (Phi) is 6.44. The van der Waals surface area contributed by atoms with Crippen LogP contribution in [0.15, 0.2) is 0 Å². The maximum Gasteiger partial charge on any atom is 0.211 e. The summed E-state index contributed by atoms with van der Waals surface area (Å²) in [5.41, 5.74) is 0. The third kappa shape index (κ3) is 7.01. The fraction of sp³-hybridized carbons (Fsp3) is 1.00. The Morgan fingerprint density at radius 3 is 2.41 bits per heavy atom. The van der Waals surface area contributed by atoms with E-state index in [2.05, 4.69) is 23.9 Å². The molecule has 5 heteroatoms. The van der Waals surface area contributed by atoms with E-state index in [1.54, 1.807) is 0 Å². The molecule has 0 aliphatic heterocycles. The fourth-order valence-electron chi connectivity index (χ4n) is 2.16. The van der Waals surface area contributed by atoms with Crippen molar-refractivity contribution < 1.29 is 8.42 Å². The highest BCUT2D eigenvalue weighted by molar-refractivity contribution is 7.89. The number of rotatable bonds is 8. The van der Waals surface area contributed by atoms with E-state index in [1.807, 2.05) is 0 Å². The molecule has 1 fully saturated rings. The van der Waals surface area contributed by atoms with Gasteiger partial charge >= 0.3 is 0 Å². The van der Waals surface area contributed by atoms with Crippen molar-refractivity contribution >= 4 is 10.0 Å². The fourth-order valence-corrected chi connectivity index (χ4v) is 3.61. The Hall–Kier alpha value is -0.130. The molecule has 4 nitrogen and oxygen atoms in total. The van der Waals surface area contributed by atoms with E-state index in [-0.39, 0.29) is 11.8 Å². The summed E-state index contributed by atoms with van der Waals surface area (Å²) in [7, 11) is -3.04. The van der Waals surface area contributed by atoms with Gasteiger partial charge in [-0.1, -0.05) is 26.7 Å². The zero-order valence-corrected chi connectivity index (χ0v) is 11.9. The third-order valence-corrected chi connectivity index (χ3v) is 4.61. The van der Waals surface area contributed by atoms with Gasteiger partial charge in [-0.3, -0.25) is 0 Å². The molecule has 17 heavy (non-hydrogen) atoms. The van der Waals surface area contributed by atoms with Gasteiger partial charge in [-0.15, -0.1) is 0 Å². The topological polar surface area (TPSA) is 58.2 Å². The number of nitrogens with one attached hydrogen (secondary N) is 2. The van der Waals surface area contributed by atoms with Crippen molar-refractivity contribution in [2.24, 2.45) is 0 Å². The van der Waals surface area contributed by atoms with Crippen molar-refractivity contribution in [2.75, 3.05) is 12.3 Å². The van der Waals surface area contributed by atoms with Crippen LogP contribution in [-0.4, -0.2) is 32.8 Å². The van der Waals surface area contributed by atoms with Gasteiger partial charge in [0.05, 0.1) is 5.75 Å². The molecule has 0 saturated heterocycles. The molecule has 1 aliphatic rings. The molecule has 0 heterocycles. The molecule has 0 aromatic rings. The number of hydrogen-bond acceptors (Lipinski definition) is 3. The molecule has 0 spiro atoms. The summed E-state index contributed by atoms with van der Waals surface area (Å²) in [5, 5.41) is 3.29. The average molecular weight is 262 g/mol. The van der Waals surface area contributed by atoms with Crippen LogP contribution in [0.5, 0.6) is 0 Å². The van der Waals surface area contributed by atoms with Crippen LogP contribution >= 0.6 is 0 Å².